The maximum absolute atomic E-state index is 12.8. The minimum absolute atomic E-state index is 0.00575. The van der Waals surface area contributed by atoms with Gasteiger partial charge < -0.3 is 14.6 Å². The van der Waals surface area contributed by atoms with Crippen LogP contribution < -0.4 is 5.56 Å². The average Bonchev–Trinajstić information content (AvgIpc) is 3.25. The lowest BCUT2D eigenvalue weighted by Gasteiger charge is -2.17. The fourth-order valence-corrected chi connectivity index (χ4v) is 3.60. The average molecular weight is 390 g/mol. The number of amides is 1. The van der Waals surface area contributed by atoms with Gasteiger partial charge in [0, 0.05) is 55.7 Å². The van der Waals surface area contributed by atoms with Crippen LogP contribution >= 0.6 is 0 Å². The maximum atomic E-state index is 12.8. The van der Waals surface area contributed by atoms with Crippen LogP contribution in [0.1, 0.15) is 34.0 Å². The number of benzene rings is 1. The predicted molar refractivity (Wildman–Crippen MR) is 109 cm³/mol. The van der Waals surface area contributed by atoms with E-state index in [0.717, 1.165) is 17.5 Å². The largest absolute Gasteiger partial charge is 0.380 e. The van der Waals surface area contributed by atoms with Crippen LogP contribution in [0.25, 0.3) is 11.4 Å². The lowest BCUT2D eigenvalue weighted by Crippen LogP contribution is -2.28. The molecule has 7 nitrogen and oxygen atoms in total. The summed E-state index contributed by atoms with van der Waals surface area (Å²) >= 11 is 0. The number of hydrogen-bond acceptors (Lipinski definition) is 5. The summed E-state index contributed by atoms with van der Waals surface area (Å²) < 4.78 is 5.11. The first-order valence-corrected chi connectivity index (χ1v) is 9.53. The summed E-state index contributed by atoms with van der Waals surface area (Å²) in [6.07, 6.45) is 4.12. The lowest BCUT2D eigenvalue weighted by atomic mass is 10.0. The van der Waals surface area contributed by atoms with Gasteiger partial charge in [-0.25, -0.2) is 4.98 Å². The van der Waals surface area contributed by atoms with Gasteiger partial charge in [-0.2, -0.15) is 0 Å². The summed E-state index contributed by atoms with van der Waals surface area (Å²) in [6, 6.07) is 12.7. The van der Waals surface area contributed by atoms with Crippen molar-refractivity contribution in [3.8, 4) is 11.4 Å². The van der Waals surface area contributed by atoms with Gasteiger partial charge in [0.2, 0.25) is 0 Å². The van der Waals surface area contributed by atoms with Gasteiger partial charge in [-0.15, -0.1) is 0 Å². The summed E-state index contributed by atoms with van der Waals surface area (Å²) in [5.41, 5.74) is 2.94. The van der Waals surface area contributed by atoms with Crippen molar-refractivity contribution in [2.45, 2.75) is 18.9 Å². The Morgan fingerprint density at radius 3 is 2.83 bits per heavy atom. The molecule has 1 unspecified atom stereocenters. The van der Waals surface area contributed by atoms with E-state index in [1.807, 2.05) is 35.2 Å². The van der Waals surface area contributed by atoms with Crippen LogP contribution in [0, 0.1) is 0 Å². The fourth-order valence-electron chi connectivity index (χ4n) is 3.60. The molecule has 148 valence electrons. The number of H-pyrrole nitrogens is 1. The Morgan fingerprint density at radius 2 is 2.10 bits per heavy atom. The highest BCUT2D eigenvalue weighted by Crippen LogP contribution is 2.27. The summed E-state index contributed by atoms with van der Waals surface area (Å²) in [4.78, 5) is 38.3. The Labute approximate surface area is 168 Å². The SMILES string of the molecule is COCc1ccc(C(=O)N2CCC(c3cc(=O)[nH]c(-c4cccnc4)n3)C2)cc1. The number of aromatic nitrogens is 3. The zero-order chi connectivity index (χ0) is 20.2. The highest BCUT2D eigenvalue weighted by Gasteiger charge is 2.29. The molecule has 29 heavy (non-hydrogen) atoms. The minimum atomic E-state index is -0.202. The van der Waals surface area contributed by atoms with Crippen LogP contribution in [-0.2, 0) is 11.3 Å². The number of nitrogens with one attached hydrogen (secondary N) is 1. The number of likely N-dealkylation sites (tertiary alicyclic amines) is 1. The fraction of sp³-hybridized carbons (Fsp3) is 0.273. The molecule has 1 amide bonds. The summed E-state index contributed by atoms with van der Waals surface area (Å²) in [5, 5.41) is 0. The van der Waals surface area contributed by atoms with E-state index in [1.165, 1.54) is 6.07 Å². The zero-order valence-electron chi connectivity index (χ0n) is 16.2. The third kappa shape index (κ3) is 4.25. The van der Waals surface area contributed by atoms with Crippen molar-refractivity contribution in [1.82, 2.24) is 19.9 Å². The first-order valence-electron chi connectivity index (χ1n) is 9.53. The van der Waals surface area contributed by atoms with Crippen LogP contribution in [0.15, 0.2) is 59.7 Å². The Bertz CT molecular complexity index is 1050. The van der Waals surface area contributed by atoms with Gasteiger partial charge in [-0.1, -0.05) is 12.1 Å². The molecular formula is C22H22N4O3. The number of hydrogen-bond donors (Lipinski definition) is 1. The van der Waals surface area contributed by atoms with Crippen molar-refractivity contribution >= 4 is 5.91 Å². The molecular weight excluding hydrogens is 368 g/mol. The Kier molecular flexibility index (Phi) is 5.48. The number of rotatable bonds is 5. The lowest BCUT2D eigenvalue weighted by molar-refractivity contribution is 0.0790. The molecule has 0 saturated carbocycles. The molecule has 0 spiro atoms. The Balaban J connectivity index is 1.50. The van der Waals surface area contributed by atoms with Gasteiger partial charge in [-0.3, -0.25) is 14.6 Å². The molecule has 1 saturated heterocycles. The highest BCUT2D eigenvalue weighted by atomic mass is 16.5. The topological polar surface area (TPSA) is 88.2 Å². The molecule has 3 heterocycles. The van der Waals surface area contributed by atoms with E-state index in [2.05, 4.69) is 15.0 Å². The molecule has 0 radical (unpaired) electrons. The van der Waals surface area contributed by atoms with E-state index in [-0.39, 0.29) is 17.4 Å². The summed E-state index contributed by atoms with van der Waals surface area (Å²) in [7, 11) is 1.64. The molecule has 0 bridgehead atoms. The second-order valence-corrected chi connectivity index (χ2v) is 7.13. The smallest absolute Gasteiger partial charge is 0.253 e. The van der Waals surface area contributed by atoms with Crippen LogP contribution in [0.5, 0.6) is 0 Å². The molecule has 1 fully saturated rings. The van der Waals surface area contributed by atoms with Gasteiger partial charge >= 0.3 is 0 Å². The van der Waals surface area contributed by atoms with E-state index >= 15 is 0 Å². The summed E-state index contributed by atoms with van der Waals surface area (Å²) in [6.45, 7) is 1.70. The first kappa shape index (κ1) is 19.0. The number of carbonyl (C=O) groups excluding carboxylic acids is 1. The molecule has 0 aliphatic carbocycles. The number of aromatic amines is 1. The quantitative estimate of drug-likeness (QED) is 0.723. The maximum Gasteiger partial charge on any atom is 0.253 e. The van der Waals surface area contributed by atoms with Crippen molar-refractivity contribution in [3.05, 3.63) is 82.0 Å². The Morgan fingerprint density at radius 1 is 1.28 bits per heavy atom. The Hall–Kier alpha value is -3.32. The molecule has 1 aromatic carbocycles. The van der Waals surface area contributed by atoms with Crippen molar-refractivity contribution in [2.75, 3.05) is 20.2 Å². The third-order valence-electron chi connectivity index (χ3n) is 5.10. The van der Waals surface area contributed by atoms with E-state index < -0.39 is 0 Å². The standard InChI is InChI=1S/C22H22N4O3/c1-29-14-15-4-6-16(7-5-15)22(28)26-10-8-18(13-26)19-11-20(27)25-21(24-19)17-3-2-9-23-12-17/h2-7,9,11-12,18H,8,10,13-14H2,1H3,(H,24,25,27). The van der Waals surface area contributed by atoms with Gasteiger partial charge in [0.15, 0.2) is 0 Å². The van der Waals surface area contributed by atoms with Crippen LogP contribution in [0.4, 0.5) is 0 Å². The van der Waals surface area contributed by atoms with Gasteiger partial charge in [-0.05, 0) is 36.2 Å². The number of ether oxygens (including phenoxy) is 1. The number of carbonyl (C=O) groups is 1. The molecule has 4 rings (SSSR count). The number of pyridine rings is 1. The predicted octanol–water partition coefficient (Wildman–Crippen LogP) is 2.61. The van der Waals surface area contributed by atoms with E-state index in [4.69, 9.17) is 4.74 Å². The van der Waals surface area contributed by atoms with Gasteiger partial charge in [0.1, 0.15) is 5.82 Å². The van der Waals surface area contributed by atoms with E-state index in [9.17, 15) is 9.59 Å². The molecule has 2 aromatic heterocycles. The number of nitrogens with zero attached hydrogens (tertiary/aromatic N) is 3. The van der Waals surface area contributed by atoms with Gasteiger partial charge in [0.05, 0.1) is 12.3 Å². The molecule has 3 aromatic rings. The summed E-state index contributed by atoms with van der Waals surface area (Å²) in [5.74, 6) is 0.525. The molecule has 1 aliphatic rings. The zero-order valence-corrected chi connectivity index (χ0v) is 16.2. The molecule has 1 atom stereocenters. The molecule has 1 aliphatic heterocycles. The van der Waals surface area contributed by atoms with Crippen LogP contribution in [-0.4, -0.2) is 46.0 Å². The van der Waals surface area contributed by atoms with E-state index in [1.54, 1.807) is 25.6 Å². The normalized spacial score (nSPS) is 16.2. The van der Waals surface area contributed by atoms with Gasteiger partial charge in [0.25, 0.3) is 11.5 Å². The van der Waals surface area contributed by atoms with Crippen LogP contribution in [0.2, 0.25) is 0 Å². The minimum Gasteiger partial charge on any atom is -0.380 e. The van der Waals surface area contributed by atoms with Crippen LogP contribution in [0.3, 0.4) is 0 Å². The first-order chi connectivity index (χ1) is 14.1. The third-order valence-corrected chi connectivity index (χ3v) is 5.10. The second-order valence-electron chi connectivity index (χ2n) is 7.13. The molecule has 7 heteroatoms. The van der Waals surface area contributed by atoms with Crippen molar-refractivity contribution in [3.63, 3.8) is 0 Å². The van der Waals surface area contributed by atoms with Crippen molar-refractivity contribution in [1.29, 1.82) is 0 Å². The monoisotopic (exact) mass is 390 g/mol. The van der Waals surface area contributed by atoms with Crippen molar-refractivity contribution in [2.24, 2.45) is 0 Å². The second kappa shape index (κ2) is 8.36. The highest BCUT2D eigenvalue weighted by molar-refractivity contribution is 5.94. The van der Waals surface area contributed by atoms with Crippen molar-refractivity contribution < 1.29 is 9.53 Å². The molecule has 1 N–H and O–H groups in total. The number of methoxy groups -OCH3 is 1. The van der Waals surface area contributed by atoms with E-state index in [0.29, 0.717) is 36.8 Å².